The number of hydrogen-bond donors (Lipinski definition) is 2. The number of anilines is 1. The van der Waals surface area contributed by atoms with Crippen LogP contribution in [0.25, 0.3) is 22.3 Å². The zero-order valence-corrected chi connectivity index (χ0v) is 19.2. The van der Waals surface area contributed by atoms with E-state index in [-0.39, 0.29) is 5.41 Å². The van der Waals surface area contributed by atoms with Crippen LogP contribution in [0.4, 0.5) is 5.82 Å². The van der Waals surface area contributed by atoms with Gasteiger partial charge in [0.15, 0.2) is 11.5 Å². The van der Waals surface area contributed by atoms with Crippen LogP contribution in [0, 0.1) is 13.8 Å². The van der Waals surface area contributed by atoms with Crippen molar-refractivity contribution in [1.29, 1.82) is 0 Å². The fraction of sp³-hybridized carbons (Fsp3) is 0.400. The van der Waals surface area contributed by atoms with Gasteiger partial charge < -0.3 is 24.3 Å². The lowest BCUT2D eigenvalue weighted by Gasteiger charge is -2.38. The van der Waals surface area contributed by atoms with Crippen molar-refractivity contribution in [3.8, 4) is 22.8 Å². The van der Waals surface area contributed by atoms with Crippen LogP contribution < -0.4 is 14.4 Å². The first kappa shape index (κ1) is 20.1. The van der Waals surface area contributed by atoms with Gasteiger partial charge in [-0.25, -0.2) is 15.0 Å². The predicted octanol–water partition coefficient (Wildman–Crippen LogP) is 4.29. The fourth-order valence-electron chi connectivity index (χ4n) is 4.98. The molecule has 0 atom stereocenters. The van der Waals surface area contributed by atoms with E-state index in [1.165, 1.54) is 0 Å². The van der Waals surface area contributed by atoms with Gasteiger partial charge in [0.05, 0.1) is 11.1 Å². The van der Waals surface area contributed by atoms with Crippen molar-refractivity contribution in [2.75, 3.05) is 31.2 Å². The molecule has 2 aliphatic heterocycles. The van der Waals surface area contributed by atoms with Gasteiger partial charge in [0.2, 0.25) is 0 Å². The van der Waals surface area contributed by atoms with Crippen molar-refractivity contribution >= 4 is 16.9 Å². The summed E-state index contributed by atoms with van der Waals surface area (Å²) >= 11 is 0. The Bertz CT molecular complexity index is 1330. The normalized spacial score (nSPS) is 17.5. The van der Waals surface area contributed by atoms with Crippen molar-refractivity contribution in [3.05, 3.63) is 47.8 Å². The largest absolute Gasteiger partial charge is 0.486 e. The maximum atomic E-state index is 5.77. The number of aryl methyl sites for hydroxylation is 2. The van der Waals surface area contributed by atoms with Crippen molar-refractivity contribution in [2.45, 2.75) is 39.0 Å². The van der Waals surface area contributed by atoms with Crippen molar-refractivity contribution in [3.63, 3.8) is 0 Å². The molecule has 6 rings (SSSR count). The molecule has 0 aliphatic carbocycles. The van der Waals surface area contributed by atoms with Gasteiger partial charge in [-0.1, -0.05) is 6.92 Å². The Morgan fingerprint density at radius 2 is 1.76 bits per heavy atom. The lowest BCUT2D eigenvalue weighted by molar-refractivity contribution is 0.171. The van der Waals surface area contributed by atoms with E-state index in [1.807, 2.05) is 12.1 Å². The highest BCUT2D eigenvalue weighted by molar-refractivity contribution is 5.88. The summed E-state index contributed by atoms with van der Waals surface area (Å²) in [4.78, 5) is 23.3. The molecule has 8 nitrogen and oxygen atoms in total. The highest BCUT2D eigenvalue weighted by atomic mass is 16.6. The number of imidazole rings is 1. The summed E-state index contributed by atoms with van der Waals surface area (Å²) in [6.07, 6.45) is 3.64. The van der Waals surface area contributed by atoms with Gasteiger partial charge in [-0.2, -0.15) is 0 Å². The average Bonchev–Trinajstić information content (AvgIpc) is 3.41. The van der Waals surface area contributed by atoms with Crippen molar-refractivity contribution in [1.82, 2.24) is 24.9 Å². The molecule has 1 saturated heterocycles. The molecule has 8 heteroatoms. The first-order chi connectivity index (χ1) is 16.0. The molecule has 2 N–H and O–H groups in total. The highest BCUT2D eigenvalue weighted by Gasteiger charge is 2.36. The van der Waals surface area contributed by atoms with E-state index >= 15 is 0 Å². The average molecular weight is 445 g/mol. The number of fused-ring (bicyclic) bond motifs is 2. The number of H-pyrrole nitrogens is 2. The predicted molar refractivity (Wildman–Crippen MR) is 127 cm³/mol. The third kappa shape index (κ3) is 3.41. The number of aromatic amines is 2. The Labute approximate surface area is 192 Å². The first-order valence-corrected chi connectivity index (χ1v) is 11.5. The molecule has 1 fully saturated rings. The van der Waals surface area contributed by atoms with Crippen LogP contribution in [0.2, 0.25) is 0 Å². The number of benzene rings is 1. The van der Waals surface area contributed by atoms with E-state index in [0.717, 1.165) is 82.8 Å². The quantitative estimate of drug-likeness (QED) is 0.490. The van der Waals surface area contributed by atoms with Crippen LogP contribution in [0.15, 0.2) is 30.6 Å². The minimum atomic E-state index is -0.0203. The lowest BCUT2D eigenvalue weighted by Crippen LogP contribution is -2.42. The molecule has 0 unspecified atom stereocenters. The molecule has 5 heterocycles. The van der Waals surface area contributed by atoms with Gasteiger partial charge in [-0.3, -0.25) is 0 Å². The Balaban J connectivity index is 1.25. The second kappa shape index (κ2) is 7.50. The molecule has 0 saturated carbocycles. The number of nitrogens with one attached hydrogen (secondary N) is 2. The van der Waals surface area contributed by atoms with E-state index in [4.69, 9.17) is 14.5 Å². The van der Waals surface area contributed by atoms with Crippen LogP contribution in [0.3, 0.4) is 0 Å². The number of hydrogen-bond acceptors (Lipinski definition) is 6. The third-order valence-corrected chi connectivity index (χ3v) is 6.98. The maximum absolute atomic E-state index is 5.77. The molecule has 0 bridgehead atoms. The third-order valence-electron chi connectivity index (χ3n) is 6.98. The highest BCUT2D eigenvalue weighted by Crippen LogP contribution is 2.39. The molecular formula is C25H28N6O2. The van der Waals surface area contributed by atoms with Crippen LogP contribution in [-0.2, 0) is 5.41 Å². The lowest BCUT2D eigenvalue weighted by atomic mass is 9.79. The number of rotatable bonds is 3. The number of ether oxygens (including phenoxy) is 2. The summed E-state index contributed by atoms with van der Waals surface area (Å²) in [7, 11) is 0. The van der Waals surface area contributed by atoms with Gasteiger partial charge >= 0.3 is 0 Å². The number of aromatic nitrogens is 5. The first-order valence-electron chi connectivity index (χ1n) is 11.5. The van der Waals surface area contributed by atoms with E-state index in [0.29, 0.717) is 13.2 Å². The summed E-state index contributed by atoms with van der Waals surface area (Å²) in [6, 6.07) is 8.20. The monoisotopic (exact) mass is 444 g/mol. The molecule has 170 valence electrons. The molecule has 0 amide bonds. The fourth-order valence-corrected chi connectivity index (χ4v) is 4.98. The summed E-state index contributed by atoms with van der Waals surface area (Å²) in [5, 5.41) is 1.09. The van der Waals surface area contributed by atoms with E-state index in [1.54, 1.807) is 6.33 Å². The number of nitrogens with zero attached hydrogens (tertiary/aromatic N) is 4. The second-order valence-corrected chi connectivity index (χ2v) is 9.38. The molecule has 0 radical (unpaired) electrons. The molecule has 0 spiro atoms. The molecular weight excluding hydrogens is 416 g/mol. The second-order valence-electron chi connectivity index (χ2n) is 9.38. The summed E-state index contributed by atoms with van der Waals surface area (Å²) in [5.41, 5.74) is 5.08. The SMILES string of the molecule is Cc1cc2c(N3CCC(C)(c4nc(-c5ccc6c(c5)OCCO6)c(C)[nH]4)CC3)ncnc2[nH]1. The molecule has 4 aromatic rings. The van der Waals surface area contributed by atoms with Gasteiger partial charge in [0.1, 0.15) is 36.8 Å². The Morgan fingerprint density at radius 3 is 2.58 bits per heavy atom. The van der Waals surface area contributed by atoms with Gasteiger partial charge in [0, 0.05) is 35.5 Å². The van der Waals surface area contributed by atoms with Crippen molar-refractivity contribution < 1.29 is 9.47 Å². The molecule has 1 aromatic carbocycles. The van der Waals surface area contributed by atoms with E-state index in [9.17, 15) is 0 Å². The van der Waals surface area contributed by atoms with E-state index in [2.05, 4.69) is 57.7 Å². The van der Waals surface area contributed by atoms with Gasteiger partial charge in [-0.05, 0) is 51.0 Å². The van der Waals surface area contributed by atoms with Crippen LogP contribution in [-0.4, -0.2) is 51.2 Å². The van der Waals surface area contributed by atoms with Gasteiger partial charge in [0.25, 0.3) is 0 Å². The summed E-state index contributed by atoms with van der Waals surface area (Å²) in [6.45, 7) is 9.47. The van der Waals surface area contributed by atoms with Crippen LogP contribution in [0.1, 0.15) is 37.0 Å². The van der Waals surface area contributed by atoms with Crippen LogP contribution in [0.5, 0.6) is 11.5 Å². The Hall–Kier alpha value is -3.55. The van der Waals surface area contributed by atoms with Crippen molar-refractivity contribution in [2.24, 2.45) is 0 Å². The molecule has 33 heavy (non-hydrogen) atoms. The Kier molecular flexibility index (Phi) is 4.57. The minimum absolute atomic E-state index is 0.0203. The number of piperidine rings is 1. The topological polar surface area (TPSA) is 91.9 Å². The molecule has 3 aromatic heterocycles. The zero-order chi connectivity index (χ0) is 22.6. The zero-order valence-electron chi connectivity index (χ0n) is 19.2. The minimum Gasteiger partial charge on any atom is -0.486 e. The van der Waals surface area contributed by atoms with Crippen LogP contribution >= 0.6 is 0 Å². The maximum Gasteiger partial charge on any atom is 0.162 e. The summed E-state index contributed by atoms with van der Waals surface area (Å²) in [5.74, 6) is 3.65. The standard InChI is InChI=1S/C25H28N6O2/c1-15-12-18-22(28-15)26-14-27-23(18)31-8-6-25(3,7-9-31)24-29-16(2)21(30-24)17-4-5-19-20(13-17)33-11-10-32-19/h4-5,12-14H,6-11H2,1-3H3,(H,29,30)(H,26,27,28). The smallest absolute Gasteiger partial charge is 0.162 e. The molecule has 2 aliphatic rings. The van der Waals surface area contributed by atoms with E-state index < -0.39 is 0 Å². The van der Waals surface area contributed by atoms with Gasteiger partial charge in [-0.15, -0.1) is 0 Å². The Morgan fingerprint density at radius 1 is 0.970 bits per heavy atom. The summed E-state index contributed by atoms with van der Waals surface area (Å²) < 4.78 is 11.4.